The van der Waals surface area contributed by atoms with E-state index in [1.165, 1.54) is 25.1 Å². The van der Waals surface area contributed by atoms with Crippen LogP contribution in [0.15, 0.2) is 24.4 Å². The lowest BCUT2D eigenvalue weighted by molar-refractivity contribution is 0.323. The van der Waals surface area contributed by atoms with Gasteiger partial charge in [-0.2, -0.15) is 0 Å². The Morgan fingerprint density at radius 1 is 1.16 bits per heavy atom. The molecule has 0 unspecified atom stereocenters. The molecule has 0 aliphatic heterocycles. The van der Waals surface area contributed by atoms with Gasteiger partial charge in [0.1, 0.15) is 0 Å². The van der Waals surface area contributed by atoms with Crippen LogP contribution < -0.4 is 5.32 Å². The van der Waals surface area contributed by atoms with Gasteiger partial charge >= 0.3 is 0 Å². The van der Waals surface area contributed by atoms with Gasteiger partial charge in [0.15, 0.2) is 0 Å². The summed E-state index contributed by atoms with van der Waals surface area (Å²) in [6.45, 7) is 10.0. The minimum Gasteiger partial charge on any atom is -0.312 e. The third-order valence-electron chi connectivity index (χ3n) is 3.10. The third kappa shape index (κ3) is 8.73. The van der Waals surface area contributed by atoms with Crippen molar-refractivity contribution in [3.63, 3.8) is 0 Å². The molecule has 1 aromatic rings. The smallest absolute Gasteiger partial charge is 0.0416 e. The molecule has 3 nitrogen and oxygen atoms in total. The summed E-state index contributed by atoms with van der Waals surface area (Å²) < 4.78 is 0. The van der Waals surface area contributed by atoms with Crippen molar-refractivity contribution < 1.29 is 0 Å². The summed E-state index contributed by atoms with van der Waals surface area (Å²) in [5, 5.41) is 3.52. The molecular weight excluding hydrogens is 234 g/mol. The maximum atomic E-state index is 4.35. The van der Waals surface area contributed by atoms with E-state index in [1.54, 1.807) is 0 Å². The molecule has 108 valence electrons. The van der Waals surface area contributed by atoms with E-state index in [0.717, 1.165) is 19.5 Å². The van der Waals surface area contributed by atoms with E-state index in [2.05, 4.69) is 55.2 Å². The molecular formula is C16H29N3. The summed E-state index contributed by atoms with van der Waals surface area (Å²) >= 11 is 0. The lowest BCUT2D eigenvalue weighted by Crippen LogP contribution is -2.36. The molecule has 3 heteroatoms. The highest BCUT2D eigenvalue weighted by Gasteiger charge is 2.07. The van der Waals surface area contributed by atoms with Crippen molar-refractivity contribution in [1.82, 2.24) is 15.2 Å². The Bertz CT molecular complexity index is 330. The third-order valence-corrected chi connectivity index (χ3v) is 3.10. The Labute approximate surface area is 118 Å². The summed E-state index contributed by atoms with van der Waals surface area (Å²) in [5.74, 6) is 0. The van der Waals surface area contributed by atoms with Gasteiger partial charge in [-0.05, 0) is 65.9 Å². The van der Waals surface area contributed by atoms with Crippen molar-refractivity contribution in [2.75, 3.05) is 26.7 Å². The first-order valence-corrected chi connectivity index (χ1v) is 7.31. The van der Waals surface area contributed by atoms with Crippen LogP contribution in [0.3, 0.4) is 0 Å². The molecule has 0 aromatic carbocycles. The fourth-order valence-electron chi connectivity index (χ4n) is 1.93. The Morgan fingerprint density at radius 2 is 1.95 bits per heavy atom. The Morgan fingerprint density at radius 3 is 2.58 bits per heavy atom. The molecule has 0 amide bonds. The summed E-state index contributed by atoms with van der Waals surface area (Å²) in [5.41, 5.74) is 1.42. The minimum atomic E-state index is 0.241. The van der Waals surface area contributed by atoms with E-state index in [1.807, 2.05) is 12.3 Å². The zero-order chi connectivity index (χ0) is 14.1. The predicted octanol–water partition coefficient (Wildman–Crippen LogP) is 2.72. The van der Waals surface area contributed by atoms with Gasteiger partial charge in [-0.15, -0.1) is 0 Å². The first kappa shape index (κ1) is 16.1. The molecule has 0 aliphatic rings. The monoisotopic (exact) mass is 263 g/mol. The second kappa shape index (κ2) is 8.28. The van der Waals surface area contributed by atoms with Crippen molar-refractivity contribution in [3.05, 3.63) is 30.1 Å². The van der Waals surface area contributed by atoms with Crippen LogP contribution in [-0.4, -0.2) is 42.1 Å². The van der Waals surface area contributed by atoms with Crippen LogP contribution in [0.1, 0.15) is 39.3 Å². The van der Waals surface area contributed by atoms with Crippen molar-refractivity contribution in [2.45, 2.75) is 45.6 Å². The number of hydrogen-bond acceptors (Lipinski definition) is 3. The van der Waals surface area contributed by atoms with Crippen LogP contribution in [0.2, 0.25) is 0 Å². The number of pyridine rings is 1. The first-order valence-electron chi connectivity index (χ1n) is 7.31. The summed E-state index contributed by atoms with van der Waals surface area (Å²) in [7, 11) is 2.19. The SMILES string of the molecule is CN(CCCCNC(C)(C)C)CCc1ccccn1. The second-order valence-corrected chi connectivity index (χ2v) is 6.26. The molecule has 19 heavy (non-hydrogen) atoms. The number of nitrogens with zero attached hydrogens (tertiary/aromatic N) is 2. The predicted molar refractivity (Wildman–Crippen MR) is 82.4 cm³/mol. The van der Waals surface area contributed by atoms with Gasteiger partial charge in [-0.25, -0.2) is 0 Å². The highest BCUT2D eigenvalue weighted by Crippen LogP contribution is 2.01. The maximum Gasteiger partial charge on any atom is 0.0416 e. The quantitative estimate of drug-likeness (QED) is 0.731. The van der Waals surface area contributed by atoms with E-state index in [9.17, 15) is 0 Å². The van der Waals surface area contributed by atoms with Crippen LogP contribution in [-0.2, 0) is 6.42 Å². The molecule has 0 bridgehead atoms. The molecule has 0 fully saturated rings. The van der Waals surface area contributed by atoms with Crippen LogP contribution >= 0.6 is 0 Å². The van der Waals surface area contributed by atoms with Gasteiger partial charge in [-0.1, -0.05) is 6.07 Å². The van der Waals surface area contributed by atoms with Crippen LogP contribution in [0.25, 0.3) is 0 Å². The topological polar surface area (TPSA) is 28.2 Å². The highest BCUT2D eigenvalue weighted by atomic mass is 15.1. The second-order valence-electron chi connectivity index (χ2n) is 6.26. The van der Waals surface area contributed by atoms with Crippen molar-refractivity contribution in [1.29, 1.82) is 0 Å². The van der Waals surface area contributed by atoms with Crippen LogP contribution in [0.5, 0.6) is 0 Å². The van der Waals surface area contributed by atoms with Crippen LogP contribution in [0, 0.1) is 0 Å². The number of unbranched alkanes of at least 4 members (excludes halogenated alkanes) is 1. The molecule has 1 heterocycles. The molecule has 0 aliphatic carbocycles. The number of rotatable bonds is 8. The molecule has 1 rings (SSSR count). The number of hydrogen-bond donors (Lipinski definition) is 1. The Balaban J connectivity index is 2.04. The number of likely N-dealkylation sites (N-methyl/N-ethyl adjacent to an activating group) is 1. The minimum absolute atomic E-state index is 0.241. The van der Waals surface area contributed by atoms with E-state index < -0.39 is 0 Å². The zero-order valence-corrected chi connectivity index (χ0v) is 12.9. The average molecular weight is 263 g/mol. The zero-order valence-electron chi connectivity index (χ0n) is 12.9. The van der Waals surface area contributed by atoms with Crippen molar-refractivity contribution in [3.8, 4) is 0 Å². The van der Waals surface area contributed by atoms with Gasteiger partial charge < -0.3 is 10.2 Å². The van der Waals surface area contributed by atoms with Gasteiger partial charge in [0, 0.05) is 30.4 Å². The van der Waals surface area contributed by atoms with Crippen molar-refractivity contribution >= 4 is 0 Å². The molecule has 0 radical (unpaired) electrons. The summed E-state index contributed by atoms with van der Waals surface area (Å²) in [6.07, 6.45) is 5.40. The molecule has 0 atom stereocenters. The largest absolute Gasteiger partial charge is 0.312 e. The highest BCUT2D eigenvalue weighted by molar-refractivity contribution is 5.03. The molecule has 1 aromatic heterocycles. The Hall–Kier alpha value is -0.930. The van der Waals surface area contributed by atoms with E-state index in [-0.39, 0.29) is 5.54 Å². The van der Waals surface area contributed by atoms with Gasteiger partial charge in [0.05, 0.1) is 0 Å². The maximum absolute atomic E-state index is 4.35. The first-order chi connectivity index (χ1) is 8.97. The van der Waals surface area contributed by atoms with Gasteiger partial charge in [-0.3, -0.25) is 4.98 Å². The van der Waals surface area contributed by atoms with Crippen LogP contribution in [0.4, 0.5) is 0 Å². The fraction of sp³-hybridized carbons (Fsp3) is 0.688. The average Bonchev–Trinajstić information content (AvgIpc) is 2.36. The lowest BCUT2D eigenvalue weighted by atomic mass is 10.1. The normalized spacial score (nSPS) is 12.1. The molecule has 1 N–H and O–H groups in total. The standard InChI is InChI=1S/C16H29N3/c1-16(2,3)18-12-7-8-13-19(4)14-10-15-9-5-6-11-17-15/h5-6,9,11,18H,7-8,10,12-14H2,1-4H3. The molecule has 0 saturated heterocycles. The summed E-state index contributed by atoms with van der Waals surface area (Å²) in [6, 6.07) is 6.12. The van der Waals surface area contributed by atoms with E-state index in [4.69, 9.17) is 0 Å². The van der Waals surface area contributed by atoms with E-state index in [0.29, 0.717) is 0 Å². The van der Waals surface area contributed by atoms with Gasteiger partial charge in [0.25, 0.3) is 0 Å². The van der Waals surface area contributed by atoms with E-state index >= 15 is 0 Å². The summed E-state index contributed by atoms with van der Waals surface area (Å²) in [4.78, 5) is 6.75. The Kier molecular flexibility index (Phi) is 7.03. The van der Waals surface area contributed by atoms with Crippen molar-refractivity contribution in [2.24, 2.45) is 0 Å². The number of nitrogens with one attached hydrogen (secondary N) is 1. The number of aromatic nitrogens is 1. The lowest BCUT2D eigenvalue weighted by Gasteiger charge is -2.21. The molecule has 0 saturated carbocycles. The van der Waals surface area contributed by atoms with Gasteiger partial charge in [0.2, 0.25) is 0 Å². The fourth-order valence-corrected chi connectivity index (χ4v) is 1.93. The molecule has 0 spiro atoms.